The number of rotatable bonds is 5. The molecular weight excluding hydrogens is 284 g/mol. The molecule has 1 aliphatic rings. The van der Waals surface area contributed by atoms with Gasteiger partial charge in [-0.05, 0) is 50.4 Å². The van der Waals surface area contributed by atoms with Gasteiger partial charge in [-0.2, -0.15) is 4.31 Å². The number of nitrogens with one attached hydrogen (secondary N) is 1. The molecule has 1 fully saturated rings. The molecule has 2 unspecified atom stereocenters. The molecule has 2 atom stereocenters. The number of sulfonamides is 1. The van der Waals surface area contributed by atoms with Crippen LogP contribution in [0.2, 0.25) is 0 Å². The smallest absolute Gasteiger partial charge is 0.243 e. The van der Waals surface area contributed by atoms with Crippen molar-refractivity contribution >= 4 is 10.0 Å². The van der Waals surface area contributed by atoms with Crippen LogP contribution in [0.3, 0.4) is 0 Å². The molecule has 5 heteroatoms. The molecule has 1 saturated heterocycles. The lowest BCUT2D eigenvalue weighted by molar-refractivity contribution is 0.316. The van der Waals surface area contributed by atoms with Gasteiger partial charge in [0.15, 0.2) is 0 Å². The standard InChI is InChI=1S/C16H26N2O2S/c1-12(2)16-6-5-11-18(16)21(19,20)15-9-7-14(8-10-15)13(3)17-4/h7-10,12-13,16-17H,5-6,11H2,1-4H3. The third-order valence-corrected chi connectivity index (χ3v) is 6.38. The molecule has 0 bridgehead atoms. The first-order chi connectivity index (χ1) is 9.87. The van der Waals surface area contributed by atoms with E-state index in [4.69, 9.17) is 0 Å². The van der Waals surface area contributed by atoms with E-state index >= 15 is 0 Å². The van der Waals surface area contributed by atoms with Crippen molar-refractivity contribution in [3.63, 3.8) is 0 Å². The Bertz CT molecular complexity index is 566. The van der Waals surface area contributed by atoms with Gasteiger partial charge in [-0.3, -0.25) is 0 Å². The fourth-order valence-electron chi connectivity index (χ4n) is 2.96. The SMILES string of the molecule is CNC(C)c1ccc(S(=O)(=O)N2CCCC2C(C)C)cc1. The molecule has 1 aliphatic heterocycles. The highest BCUT2D eigenvalue weighted by Crippen LogP contribution is 2.30. The van der Waals surface area contributed by atoms with E-state index < -0.39 is 10.0 Å². The third kappa shape index (κ3) is 3.30. The lowest BCUT2D eigenvalue weighted by Gasteiger charge is -2.27. The van der Waals surface area contributed by atoms with Crippen LogP contribution in [0.5, 0.6) is 0 Å². The van der Waals surface area contributed by atoms with Crippen LogP contribution in [-0.4, -0.2) is 32.4 Å². The van der Waals surface area contributed by atoms with Gasteiger partial charge in [-0.15, -0.1) is 0 Å². The molecule has 0 aliphatic carbocycles. The largest absolute Gasteiger partial charge is 0.313 e. The summed E-state index contributed by atoms with van der Waals surface area (Å²) >= 11 is 0. The van der Waals surface area contributed by atoms with Crippen LogP contribution < -0.4 is 5.32 Å². The van der Waals surface area contributed by atoms with Crippen LogP contribution in [0, 0.1) is 5.92 Å². The van der Waals surface area contributed by atoms with Crippen molar-refractivity contribution in [3.8, 4) is 0 Å². The maximum Gasteiger partial charge on any atom is 0.243 e. The molecule has 1 N–H and O–H groups in total. The zero-order valence-electron chi connectivity index (χ0n) is 13.3. The Morgan fingerprint density at radius 1 is 1.19 bits per heavy atom. The van der Waals surface area contributed by atoms with Gasteiger partial charge in [0, 0.05) is 18.6 Å². The zero-order valence-corrected chi connectivity index (χ0v) is 14.2. The van der Waals surface area contributed by atoms with Gasteiger partial charge in [0.05, 0.1) is 4.90 Å². The average Bonchev–Trinajstić information content (AvgIpc) is 2.97. The number of nitrogens with zero attached hydrogens (tertiary/aromatic N) is 1. The predicted molar refractivity (Wildman–Crippen MR) is 85.7 cm³/mol. The minimum absolute atomic E-state index is 0.130. The van der Waals surface area contributed by atoms with Gasteiger partial charge in [-0.1, -0.05) is 26.0 Å². The highest BCUT2D eigenvalue weighted by molar-refractivity contribution is 7.89. The second kappa shape index (κ2) is 6.46. The van der Waals surface area contributed by atoms with Crippen molar-refractivity contribution in [2.24, 2.45) is 5.92 Å². The van der Waals surface area contributed by atoms with Crippen molar-refractivity contribution in [1.29, 1.82) is 0 Å². The minimum atomic E-state index is -3.37. The third-order valence-electron chi connectivity index (χ3n) is 4.44. The average molecular weight is 310 g/mol. The lowest BCUT2D eigenvalue weighted by atomic mass is 10.0. The summed E-state index contributed by atoms with van der Waals surface area (Å²) in [6, 6.07) is 7.61. The van der Waals surface area contributed by atoms with Crippen LogP contribution in [0.25, 0.3) is 0 Å². The maximum atomic E-state index is 12.8. The van der Waals surface area contributed by atoms with Gasteiger partial charge < -0.3 is 5.32 Å². The highest BCUT2D eigenvalue weighted by Gasteiger charge is 2.36. The Labute approximate surface area is 128 Å². The summed E-state index contributed by atoms with van der Waals surface area (Å²) in [7, 11) is -1.47. The molecule has 0 saturated carbocycles. The van der Waals surface area contributed by atoms with Crippen molar-refractivity contribution in [3.05, 3.63) is 29.8 Å². The summed E-state index contributed by atoms with van der Waals surface area (Å²) < 4.78 is 27.3. The van der Waals surface area contributed by atoms with Crippen molar-refractivity contribution < 1.29 is 8.42 Å². The second-order valence-corrected chi connectivity index (χ2v) is 8.04. The normalized spacial score (nSPS) is 21.9. The van der Waals surface area contributed by atoms with Crippen LogP contribution in [0.1, 0.15) is 45.2 Å². The van der Waals surface area contributed by atoms with E-state index in [0.717, 1.165) is 18.4 Å². The van der Waals surface area contributed by atoms with Crippen LogP contribution in [0.4, 0.5) is 0 Å². The highest BCUT2D eigenvalue weighted by atomic mass is 32.2. The van der Waals surface area contributed by atoms with E-state index in [0.29, 0.717) is 17.4 Å². The molecule has 1 aromatic rings. The molecule has 2 rings (SSSR count). The number of hydrogen-bond donors (Lipinski definition) is 1. The van der Waals surface area contributed by atoms with Gasteiger partial charge in [0.1, 0.15) is 0 Å². The Morgan fingerprint density at radius 3 is 2.33 bits per heavy atom. The van der Waals surface area contributed by atoms with Gasteiger partial charge in [0.2, 0.25) is 10.0 Å². The van der Waals surface area contributed by atoms with Crippen molar-refractivity contribution in [2.45, 2.75) is 50.6 Å². The first-order valence-corrected chi connectivity index (χ1v) is 9.11. The van der Waals surface area contributed by atoms with Crippen LogP contribution in [-0.2, 0) is 10.0 Å². The fourth-order valence-corrected chi connectivity index (χ4v) is 4.79. The molecular formula is C16H26N2O2S. The maximum absolute atomic E-state index is 12.8. The summed E-state index contributed by atoms with van der Waals surface area (Å²) in [6.07, 6.45) is 1.92. The molecule has 4 nitrogen and oxygen atoms in total. The van der Waals surface area contributed by atoms with Crippen LogP contribution in [0.15, 0.2) is 29.2 Å². The molecule has 0 amide bonds. The Hall–Kier alpha value is -0.910. The molecule has 0 aromatic heterocycles. The summed E-state index contributed by atoms with van der Waals surface area (Å²) in [4.78, 5) is 0.405. The van der Waals surface area contributed by atoms with Crippen molar-refractivity contribution in [2.75, 3.05) is 13.6 Å². The fraction of sp³-hybridized carbons (Fsp3) is 0.625. The topological polar surface area (TPSA) is 49.4 Å². The van der Waals surface area contributed by atoms with Gasteiger partial charge in [-0.25, -0.2) is 8.42 Å². The van der Waals surface area contributed by atoms with E-state index in [9.17, 15) is 8.42 Å². The zero-order chi connectivity index (χ0) is 15.6. The second-order valence-electron chi connectivity index (χ2n) is 6.15. The van der Waals surface area contributed by atoms with E-state index in [1.165, 1.54) is 0 Å². The molecule has 0 radical (unpaired) electrons. The summed E-state index contributed by atoms with van der Waals surface area (Å²) in [5.74, 6) is 0.353. The molecule has 118 valence electrons. The quantitative estimate of drug-likeness (QED) is 0.910. The Morgan fingerprint density at radius 2 is 1.81 bits per heavy atom. The van der Waals surface area contributed by atoms with Gasteiger partial charge in [0.25, 0.3) is 0 Å². The molecule has 21 heavy (non-hydrogen) atoms. The van der Waals surface area contributed by atoms with Crippen molar-refractivity contribution in [1.82, 2.24) is 9.62 Å². The minimum Gasteiger partial charge on any atom is -0.313 e. The summed E-state index contributed by atoms with van der Waals surface area (Å²) in [5.41, 5.74) is 1.10. The summed E-state index contributed by atoms with van der Waals surface area (Å²) in [6.45, 7) is 6.88. The van der Waals surface area contributed by atoms with E-state index in [2.05, 4.69) is 26.1 Å². The van der Waals surface area contributed by atoms with E-state index in [-0.39, 0.29) is 12.1 Å². The molecule has 1 aromatic carbocycles. The molecule has 0 spiro atoms. The number of benzene rings is 1. The first-order valence-electron chi connectivity index (χ1n) is 7.67. The summed E-state index contributed by atoms with van der Waals surface area (Å²) in [5, 5.41) is 3.16. The van der Waals surface area contributed by atoms with Crippen LogP contribution >= 0.6 is 0 Å². The van der Waals surface area contributed by atoms with E-state index in [1.54, 1.807) is 16.4 Å². The molecule has 1 heterocycles. The predicted octanol–water partition coefficient (Wildman–Crippen LogP) is 2.78. The van der Waals surface area contributed by atoms with E-state index in [1.807, 2.05) is 19.2 Å². The monoisotopic (exact) mass is 310 g/mol. The lowest BCUT2D eigenvalue weighted by Crippen LogP contribution is -2.38. The Balaban J connectivity index is 2.27. The number of hydrogen-bond acceptors (Lipinski definition) is 3. The Kier molecular flexibility index (Phi) is 5.07. The first kappa shape index (κ1) is 16.5. The van der Waals surface area contributed by atoms with Gasteiger partial charge >= 0.3 is 0 Å².